The van der Waals surface area contributed by atoms with E-state index < -0.39 is 0 Å². The maximum atomic E-state index is 13.1. The number of aryl methyl sites for hydroxylation is 1. The van der Waals surface area contributed by atoms with Gasteiger partial charge < -0.3 is 5.32 Å². The van der Waals surface area contributed by atoms with Crippen molar-refractivity contribution in [2.24, 2.45) is 0 Å². The summed E-state index contributed by atoms with van der Waals surface area (Å²) in [5.74, 6) is -0.468. The number of carbonyl (C=O) groups excluding carboxylic acids is 2. The lowest BCUT2D eigenvalue weighted by Gasteiger charge is -2.09. The zero-order valence-corrected chi connectivity index (χ0v) is 18.4. The number of nitrogens with one attached hydrogen (secondary N) is 2. The average Bonchev–Trinajstić information content (AvgIpc) is 3.42. The van der Waals surface area contributed by atoms with Crippen molar-refractivity contribution in [2.75, 3.05) is 12.0 Å². The van der Waals surface area contributed by atoms with E-state index >= 15 is 0 Å². The third-order valence-electron chi connectivity index (χ3n) is 4.71. The number of aromatic nitrogens is 2. The molecule has 3 aromatic heterocycles. The minimum Gasteiger partial charge on any atom is -0.351 e. The van der Waals surface area contributed by atoms with Gasteiger partial charge in [0.2, 0.25) is 5.91 Å². The molecule has 0 aliphatic rings. The van der Waals surface area contributed by atoms with Gasteiger partial charge in [-0.15, -0.1) is 22.7 Å². The molecule has 0 saturated carbocycles. The Morgan fingerprint density at radius 3 is 2.68 bits per heavy atom. The number of thiophene rings is 2. The first-order valence-corrected chi connectivity index (χ1v) is 11.4. The molecule has 0 saturated heterocycles. The van der Waals surface area contributed by atoms with E-state index in [9.17, 15) is 14.4 Å². The first-order valence-electron chi connectivity index (χ1n) is 9.72. The second-order valence-corrected chi connectivity index (χ2v) is 9.02. The van der Waals surface area contributed by atoms with Crippen LogP contribution in [0.15, 0.2) is 59.0 Å². The van der Waals surface area contributed by atoms with Crippen LogP contribution in [0, 0.1) is 6.92 Å². The van der Waals surface area contributed by atoms with E-state index in [1.165, 1.54) is 29.0 Å². The van der Waals surface area contributed by atoms with Crippen molar-refractivity contribution in [3.63, 3.8) is 0 Å². The minimum absolute atomic E-state index is 0.150. The summed E-state index contributed by atoms with van der Waals surface area (Å²) in [4.78, 5) is 44.0. The van der Waals surface area contributed by atoms with Crippen LogP contribution in [0.1, 0.15) is 27.4 Å². The number of benzene rings is 1. The van der Waals surface area contributed by atoms with E-state index in [2.05, 4.69) is 15.7 Å². The lowest BCUT2D eigenvalue weighted by Crippen LogP contribution is -2.33. The van der Waals surface area contributed by atoms with Gasteiger partial charge in [0.15, 0.2) is 0 Å². The largest absolute Gasteiger partial charge is 0.351 e. The number of nitrogens with zero attached hydrogens (tertiary/aromatic N) is 2. The van der Waals surface area contributed by atoms with Gasteiger partial charge in [-0.3, -0.25) is 19.8 Å². The van der Waals surface area contributed by atoms with Crippen LogP contribution in [0.3, 0.4) is 0 Å². The fourth-order valence-electron chi connectivity index (χ4n) is 3.27. The maximum Gasteiger partial charge on any atom is 0.281 e. The summed E-state index contributed by atoms with van der Waals surface area (Å²) in [7, 11) is 0. The van der Waals surface area contributed by atoms with Crippen LogP contribution < -0.4 is 16.3 Å². The molecule has 3 heterocycles. The van der Waals surface area contributed by atoms with Crippen molar-refractivity contribution in [3.8, 4) is 11.1 Å². The van der Waals surface area contributed by atoms with Crippen molar-refractivity contribution < 1.29 is 9.59 Å². The van der Waals surface area contributed by atoms with Gasteiger partial charge in [0, 0.05) is 23.4 Å². The van der Waals surface area contributed by atoms with Gasteiger partial charge in [0.05, 0.1) is 10.3 Å². The van der Waals surface area contributed by atoms with E-state index in [1.807, 2.05) is 48.7 Å². The average molecular weight is 453 g/mol. The molecular formula is C22H20N4O3S2. The predicted octanol–water partition coefficient (Wildman–Crippen LogP) is 3.78. The van der Waals surface area contributed by atoms with Crippen molar-refractivity contribution in [3.05, 3.63) is 74.3 Å². The van der Waals surface area contributed by atoms with Crippen molar-refractivity contribution >= 4 is 44.7 Å². The fraction of sp³-hybridized carbons (Fsp3) is 0.182. The van der Waals surface area contributed by atoms with Crippen molar-refractivity contribution in [1.29, 1.82) is 0 Å². The minimum atomic E-state index is -0.318. The number of amides is 2. The first kappa shape index (κ1) is 21.0. The first-order chi connectivity index (χ1) is 15.0. The maximum absolute atomic E-state index is 13.1. The van der Waals surface area contributed by atoms with E-state index in [0.29, 0.717) is 28.1 Å². The zero-order chi connectivity index (χ0) is 21.8. The number of fused-ring (bicyclic) bond motifs is 1. The second kappa shape index (κ2) is 9.23. The highest BCUT2D eigenvalue weighted by molar-refractivity contribution is 7.19. The molecule has 4 rings (SSSR count). The number of hydrogen-bond donors (Lipinski definition) is 2. The van der Waals surface area contributed by atoms with Crippen LogP contribution in [-0.4, -0.2) is 28.0 Å². The van der Waals surface area contributed by atoms with Gasteiger partial charge in [-0.1, -0.05) is 36.4 Å². The van der Waals surface area contributed by atoms with E-state index in [4.69, 9.17) is 0 Å². The molecular weight excluding hydrogens is 432 g/mol. The highest BCUT2D eigenvalue weighted by Crippen LogP contribution is 2.35. The van der Waals surface area contributed by atoms with Crippen LogP contribution >= 0.6 is 22.7 Å². The Kier molecular flexibility index (Phi) is 6.24. The Morgan fingerprint density at radius 1 is 1.13 bits per heavy atom. The molecule has 1 aromatic carbocycles. The summed E-state index contributed by atoms with van der Waals surface area (Å²) in [5, 5.41) is 5.12. The molecule has 0 bridgehead atoms. The lowest BCUT2D eigenvalue weighted by atomic mass is 10.0. The Morgan fingerprint density at radius 2 is 1.94 bits per heavy atom. The van der Waals surface area contributed by atoms with E-state index in [0.717, 1.165) is 20.7 Å². The molecule has 0 aliphatic carbocycles. The summed E-state index contributed by atoms with van der Waals surface area (Å²) in [5.41, 5.74) is 4.08. The highest BCUT2D eigenvalue weighted by Gasteiger charge is 2.17. The van der Waals surface area contributed by atoms with Gasteiger partial charge in [-0.25, -0.2) is 9.66 Å². The lowest BCUT2D eigenvalue weighted by molar-refractivity contribution is -0.117. The molecule has 0 fully saturated rings. The molecule has 0 unspecified atom stereocenters. The Balaban J connectivity index is 1.44. The SMILES string of the molecule is Cc1sc2ncn(NC(=O)CCCNC(=O)c3cccs3)c(=O)c2c1-c1ccccc1. The molecule has 4 aromatic rings. The van der Waals surface area contributed by atoms with Crippen LogP contribution in [0.4, 0.5) is 0 Å². The summed E-state index contributed by atoms with van der Waals surface area (Å²) < 4.78 is 1.13. The van der Waals surface area contributed by atoms with Gasteiger partial charge in [0.1, 0.15) is 11.2 Å². The summed E-state index contributed by atoms with van der Waals surface area (Å²) >= 11 is 2.82. The molecule has 158 valence electrons. The van der Waals surface area contributed by atoms with Gasteiger partial charge in [-0.2, -0.15) is 0 Å². The second-order valence-electron chi connectivity index (χ2n) is 6.87. The van der Waals surface area contributed by atoms with Gasteiger partial charge >= 0.3 is 0 Å². The molecule has 0 atom stereocenters. The number of hydrogen-bond acceptors (Lipinski definition) is 6. The summed E-state index contributed by atoms with van der Waals surface area (Å²) in [6.45, 7) is 2.33. The third-order valence-corrected chi connectivity index (χ3v) is 6.59. The van der Waals surface area contributed by atoms with Crippen LogP contribution in [-0.2, 0) is 4.79 Å². The summed E-state index contributed by atoms with van der Waals surface area (Å²) in [6, 6.07) is 13.2. The van der Waals surface area contributed by atoms with Crippen LogP contribution in [0.5, 0.6) is 0 Å². The standard InChI is InChI=1S/C22H20N4O3S2/c1-14-18(15-7-3-2-4-8-15)19-21(31-14)24-13-26(22(19)29)25-17(27)10-5-11-23-20(28)16-9-6-12-30-16/h2-4,6-9,12-13H,5,10-11H2,1H3,(H,23,28)(H,25,27). The smallest absolute Gasteiger partial charge is 0.281 e. The van der Waals surface area contributed by atoms with Gasteiger partial charge in [-0.05, 0) is 30.4 Å². The molecule has 0 radical (unpaired) electrons. The normalized spacial score (nSPS) is 10.9. The molecule has 31 heavy (non-hydrogen) atoms. The van der Waals surface area contributed by atoms with Crippen LogP contribution in [0.2, 0.25) is 0 Å². The molecule has 2 amide bonds. The molecule has 7 nitrogen and oxygen atoms in total. The quantitative estimate of drug-likeness (QED) is 0.418. The Bertz CT molecular complexity index is 1280. The fourth-order valence-corrected chi connectivity index (χ4v) is 4.91. The molecule has 9 heteroatoms. The molecule has 0 spiro atoms. The summed E-state index contributed by atoms with van der Waals surface area (Å²) in [6.07, 6.45) is 1.97. The van der Waals surface area contributed by atoms with Crippen molar-refractivity contribution in [1.82, 2.24) is 15.0 Å². The number of rotatable bonds is 7. The highest BCUT2D eigenvalue weighted by atomic mass is 32.1. The molecule has 2 N–H and O–H groups in total. The molecule has 0 aliphatic heterocycles. The predicted molar refractivity (Wildman–Crippen MR) is 124 cm³/mol. The van der Waals surface area contributed by atoms with E-state index in [1.54, 1.807) is 6.07 Å². The number of carbonyl (C=O) groups is 2. The van der Waals surface area contributed by atoms with Gasteiger partial charge in [0.25, 0.3) is 11.5 Å². The van der Waals surface area contributed by atoms with Crippen molar-refractivity contribution in [2.45, 2.75) is 19.8 Å². The zero-order valence-electron chi connectivity index (χ0n) is 16.8. The van der Waals surface area contributed by atoms with E-state index in [-0.39, 0.29) is 23.8 Å². The van der Waals surface area contributed by atoms with Crippen LogP contribution in [0.25, 0.3) is 21.3 Å². The Labute approximate surface area is 186 Å². The third kappa shape index (κ3) is 4.57. The topological polar surface area (TPSA) is 93.1 Å². The Hall–Kier alpha value is -3.30. The monoisotopic (exact) mass is 452 g/mol.